The Morgan fingerprint density at radius 1 is 1.37 bits per heavy atom. The number of aliphatic carboxylic acids is 1. The maximum absolute atomic E-state index is 13.1. The number of nitrogens with one attached hydrogen (secondary N) is 2. The minimum Gasteiger partial charge on any atom is -0.477 e. The highest BCUT2D eigenvalue weighted by Crippen LogP contribution is 2.45. The number of hydrogen-bond acceptors (Lipinski definition) is 15. The maximum Gasteiger partial charge on any atom is 0.353 e. The van der Waals surface area contributed by atoms with E-state index < -0.39 is 46.9 Å². The van der Waals surface area contributed by atoms with Crippen molar-refractivity contribution in [3.05, 3.63) is 40.5 Å². The molecule has 8 N–H and O–H groups in total. The van der Waals surface area contributed by atoms with Crippen molar-refractivity contribution in [1.82, 2.24) is 24.6 Å². The van der Waals surface area contributed by atoms with Crippen molar-refractivity contribution in [3.8, 4) is 0 Å². The number of carboxylic acid groups (broad SMARTS) is 1. The zero-order valence-corrected chi connectivity index (χ0v) is 24.6. The Bertz CT molecular complexity index is 1420. The molecule has 41 heavy (non-hydrogen) atoms. The van der Waals surface area contributed by atoms with Gasteiger partial charge >= 0.3 is 5.97 Å². The summed E-state index contributed by atoms with van der Waals surface area (Å²) in [5.41, 5.74) is 11.1. The van der Waals surface area contributed by atoms with E-state index in [1.807, 2.05) is 6.07 Å². The summed E-state index contributed by atoms with van der Waals surface area (Å²) in [4.78, 5) is 60.8. The number of nitrogens with two attached hydrogens (primary N) is 2. The van der Waals surface area contributed by atoms with Crippen LogP contribution in [0.4, 0.5) is 5.13 Å². The van der Waals surface area contributed by atoms with Gasteiger partial charge in [-0.05, 0) is 19.1 Å². The molecule has 4 heterocycles. The van der Waals surface area contributed by atoms with E-state index in [0.717, 1.165) is 32.8 Å². The monoisotopic (exact) mass is 639 g/mol. The van der Waals surface area contributed by atoms with Crippen molar-refractivity contribution in [2.75, 3.05) is 23.4 Å². The number of nitrogens with zero attached hydrogens (tertiary/aromatic N) is 5. The minimum absolute atomic E-state index is 0.0287. The van der Waals surface area contributed by atoms with Crippen LogP contribution in [0.2, 0.25) is 0 Å². The average Bonchev–Trinajstić information content (AvgIpc) is 3.40. The maximum atomic E-state index is 13.1. The van der Waals surface area contributed by atoms with Crippen molar-refractivity contribution in [2.45, 2.75) is 35.0 Å². The molecule has 1 saturated heterocycles. The predicted molar refractivity (Wildman–Crippen MR) is 156 cm³/mol. The Kier molecular flexibility index (Phi) is 10.2. The van der Waals surface area contributed by atoms with E-state index >= 15 is 0 Å². The molecule has 2 aliphatic heterocycles. The third kappa shape index (κ3) is 6.81. The van der Waals surface area contributed by atoms with Gasteiger partial charge in [-0.1, -0.05) is 16.9 Å². The lowest BCUT2D eigenvalue weighted by atomic mass is 10.0. The van der Waals surface area contributed by atoms with Gasteiger partial charge in [-0.25, -0.2) is 4.79 Å². The summed E-state index contributed by atoms with van der Waals surface area (Å²) in [6.45, 7) is 2.00. The first-order valence-electron chi connectivity index (χ1n) is 11.9. The molecule has 0 spiro atoms. The summed E-state index contributed by atoms with van der Waals surface area (Å²) in [5, 5.41) is 26.6. The number of amides is 3. The molecule has 2 aliphatic rings. The molecular formula is C22H25N9O6S4. The number of aromatic nitrogens is 3. The van der Waals surface area contributed by atoms with Gasteiger partial charge < -0.3 is 27.1 Å². The Morgan fingerprint density at radius 2 is 2.15 bits per heavy atom. The molecule has 2 unspecified atom stereocenters. The summed E-state index contributed by atoms with van der Waals surface area (Å²) < 4.78 is 3.91. The fourth-order valence-corrected chi connectivity index (χ4v) is 7.64. The van der Waals surface area contributed by atoms with Crippen molar-refractivity contribution in [3.63, 3.8) is 0 Å². The van der Waals surface area contributed by atoms with E-state index in [9.17, 15) is 29.5 Å². The zero-order chi connectivity index (χ0) is 29.7. The predicted octanol–water partition coefficient (Wildman–Crippen LogP) is 0.0774. The number of carbonyl (C=O) groups excluding carboxylic acids is 3. The summed E-state index contributed by atoms with van der Waals surface area (Å²) in [6.07, 6.45) is 1.66. The van der Waals surface area contributed by atoms with Gasteiger partial charge in [0, 0.05) is 51.3 Å². The highest BCUT2D eigenvalue weighted by Gasteiger charge is 2.54. The minimum atomic E-state index is -1.27. The van der Waals surface area contributed by atoms with Gasteiger partial charge in [-0.2, -0.15) is 21.1 Å². The van der Waals surface area contributed by atoms with E-state index in [2.05, 4.69) is 30.1 Å². The summed E-state index contributed by atoms with van der Waals surface area (Å²) in [7, 11) is 0. The molecule has 218 valence electrons. The Labute approximate surface area is 250 Å². The number of rotatable bonds is 12. The van der Waals surface area contributed by atoms with E-state index in [1.165, 1.54) is 30.4 Å². The van der Waals surface area contributed by atoms with Gasteiger partial charge in [0.1, 0.15) is 17.1 Å². The molecule has 0 aliphatic carbocycles. The fourth-order valence-electron chi connectivity index (χ4n) is 3.67. The number of oxime groups is 1. The molecular weight excluding hydrogens is 615 g/mol. The lowest BCUT2D eigenvalue weighted by Gasteiger charge is -2.49. The van der Waals surface area contributed by atoms with Crippen LogP contribution < -0.4 is 22.1 Å². The van der Waals surface area contributed by atoms with E-state index in [0.29, 0.717) is 17.2 Å². The molecule has 15 nitrogen and oxygen atoms in total. The van der Waals surface area contributed by atoms with Crippen molar-refractivity contribution >= 4 is 81.4 Å². The van der Waals surface area contributed by atoms with Gasteiger partial charge in [0.15, 0.2) is 0 Å². The van der Waals surface area contributed by atoms with E-state index in [-0.39, 0.29) is 22.4 Å². The van der Waals surface area contributed by atoms with Crippen LogP contribution in [0.1, 0.15) is 18.4 Å². The largest absolute Gasteiger partial charge is 0.477 e. The van der Waals surface area contributed by atoms with Gasteiger partial charge in [0.05, 0.1) is 11.7 Å². The lowest BCUT2D eigenvalue weighted by molar-refractivity contribution is -0.150. The summed E-state index contributed by atoms with van der Waals surface area (Å²) >= 11 is 4.88. The van der Waals surface area contributed by atoms with Crippen LogP contribution in [0.3, 0.4) is 0 Å². The second-order valence-electron chi connectivity index (χ2n) is 8.48. The first-order valence-corrected chi connectivity index (χ1v) is 15.7. The van der Waals surface area contributed by atoms with Crippen LogP contribution in [0, 0.1) is 0 Å². The first kappa shape index (κ1) is 30.7. The van der Waals surface area contributed by atoms with Crippen molar-refractivity contribution < 1.29 is 29.5 Å². The normalized spacial score (nSPS) is 19.3. The average molecular weight is 640 g/mol. The zero-order valence-electron chi connectivity index (χ0n) is 21.3. The first-order chi connectivity index (χ1) is 19.7. The standard InChI is InChI=1S/C22H25N9O6S4/c1-9(24)17(32)28-22-27-16(30-41-22)13(29-37)18(33)26-14-19(34)31-15(21(35)36)12(8-39-20(14)31)40-11-3-2-5-25-10(11)7-38-6-4-23/h2-3,5,9,14,20,37H,4,6-8,23-24H2,1H3,(H,26,33)(H,35,36)(H,27,28,30,32)/b29-13-/t9-,14?,20?/m0/s1. The molecule has 2 aromatic rings. The second kappa shape index (κ2) is 13.6. The molecule has 19 heteroatoms. The molecule has 2 aromatic heterocycles. The van der Waals surface area contributed by atoms with Gasteiger partial charge in [-0.15, -0.1) is 11.8 Å². The third-order valence-electron chi connectivity index (χ3n) is 5.60. The summed E-state index contributed by atoms with van der Waals surface area (Å²) in [5.74, 6) is -2.04. The SMILES string of the molecule is C[C@H](N)C(=O)Nc1nc(/C(=N/O)C(=O)NC2C(=O)N3C(C(=O)O)=C(Sc4cccnc4CSCCN)CSC23)ns1. The van der Waals surface area contributed by atoms with E-state index in [1.54, 1.807) is 24.0 Å². The molecule has 0 radical (unpaired) electrons. The van der Waals surface area contributed by atoms with Crippen molar-refractivity contribution in [2.24, 2.45) is 16.6 Å². The van der Waals surface area contributed by atoms with Crippen molar-refractivity contribution in [1.29, 1.82) is 0 Å². The topological polar surface area (TPSA) is 239 Å². The van der Waals surface area contributed by atoms with Gasteiger partial charge in [0.25, 0.3) is 11.8 Å². The molecule has 0 bridgehead atoms. The number of fused-ring (bicyclic) bond motifs is 1. The number of hydrogen-bond donors (Lipinski definition) is 6. The number of carbonyl (C=O) groups is 4. The number of pyridine rings is 1. The van der Waals surface area contributed by atoms with Crippen LogP contribution in [0.25, 0.3) is 0 Å². The van der Waals surface area contributed by atoms with Crippen LogP contribution in [-0.4, -0.2) is 94.5 Å². The van der Waals surface area contributed by atoms with Crippen LogP contribution in [0.15, 0.2) is 39.0 Å². The second-order valence-corrected chi connectivity index (χ2v) is 12.6. The number of anilines is 1. The quantitative estimate of drug-likeness (QED) is 0.0593. The number of thioether (sulfide) groups is 3. The highest BCUT2D eigenvalue weighted by atomic mass is 32.2. The van der Waals surface area contributed by atoms with Crippen LogP contribution >= 0.6 is 46.8 Å². The smallest absolute Gasteiger partial charge is 0.353 e. The number of β-lactam (4-membered cyclic amide) rings is 1. The molecule has 1 fully saturated rings. The Balaban J connectivity index is 1.47. The van der Waals surface area contributed by atoms with Crippen LogP contribution in [0.5, 0.6) is 0 Å². The highest BCUT2D eigenvalue weighted by molar-refractivity contribution is 8.06. The third-order valence-corrected chi connectivity index (χ3v) is 9.87. The van der Waals surface area contributed by atoms with Gasteiger partial charge in [-0.3, -0.25) is 29.6 Å². The fraction of sp³-hybridized carbons (Fsp3) is 0.364. The Morgan fingerprint density at radius 3 is 2.83 bits per heavy atom. The molecule has 0 saturated carbocycles. The van der Waals surface area contributed by atoms with Crippen LogP contribution in [-0.2, 0) is 24.9 Å². The number of carboxylic acids is 1. The molecule has 0 aromatic carbocycles. The Hall–Kier alpha value is -3.23. The molecule has 3 amide bonds. The van der Waals surface area contributed by atoms with Gasteiger partial charge in [0.2, 0.25) is 22.6 Å². The summed E-state index contributed by atoms with van der Waals surface area (Å²) in [6, 6.07) is 1.71. The molecule has 4 rings (SSSR count). The molecule has 3 atom stereocenters. The van der Waals surface area contributed by atoms with E-state index in [4.69, 9.17) is 11.5 Å². The lowest BCUT2D eigenvalue weighted by Crippen LogP contribution is -2.71.